The molecule has 0 spiro atoms. The van der Waals surface area contributed by atoms with Crippen molar-refractivity contribution in [2.24, 2.45) is 23.7 Å². The van der Waals surface area contributed by atoms with Gasteiger partial charge in [0.25, 0.3) is 0 Å². The molecule has 0 aromatic carbocycles. The number of hydrogen-bond donors (Lipinski definition) is 2. The number of carboxylic acid groups (broad SMARTS) is 2. The second-order valence-corrected chi connectivity index (χ2v) is 4.36. The number of carbonyl (C=O) groups is 2. The zero-order chi connectivity index (χ0) is 10.0. The smallest absolute Gasteiger partial charge is 0.310 e. The van der Waals surface area contributed by atoms with E-state index in [0.29, 0.717) is 11.8 Å². The Kier molecular flexibility index (Phi) is 1.34. The Morgan fingerprint density at radius 2 is 1.43 bits per heavy atom. The van der Waals surface area contributed by atoms with Gasteiger partial charge >= 0.3 is 11.9 Å². The topological polar surface area (TPSA) is 83.8 Å². The number of ether oxygens (including phenoxy) is 1. The molecule has 2 aliphatic heterocycles. The zero-order valence-electron chi connectivity index (χ0n) is 7.29. The van der Waals surface area contributed by atoms with Crippen LogP contribution in [0.4, 0.5) is 0 Å². The Labute approximate surface area is 79.7 Å². The Morgan fingerprint density at radius 1 is 1.00 bits per heavy atom. The zero-order valence-corrected chi connectivity index (χ0v) is 7.29. The maximum atomic E-state index is 10.9. The second-order valence-electron chi connectivity index (χ2n) is 4.36. The molecule has 2 bridgehead atoms. The van der Waals surface area contributed by atoms with Crippen LogP contribution in [0, 0.1) is 23.7 Å². The van der Waals surface area contributed by atoms with Crippen molar-refractivity contribution in [3.63, 3.8) is 0 Å². The predicted octanol–water partition coefficient (Wildman–Crippen LogP) is -0.195. The average molecular weight is 198 g/mol. The fourth-order valence-corrected chi connectivity index (χ4v) is 3.07. The normalized spacial score (nSPS) is 52.9. The van der Waals surface area contributed by atoms with E-state index in [-0.39, 0.29) is 12.2 Å². The lowest BCUT2D eigenvalue weighted by molar-refractivity contribution is -0.154. The Bertz CT molecular complexity index is 295. The molecule has 0 aromatic heterocycles. The molecule has 1 aliphatic carbocycles. The summed E-state index contributed by atoms with van der Waals surface area (Å²) in [6, 6.07) is 0. The first-order valence-corrected chi connectivity index (χ1v) is 4.72. The number of carboxylic acids is 2. The van der Waals surface area contributed by atoms with Crippen LogP contribution in [-0.2, 0) is 14.3 Å². The van der Waals surface area contributed by atoms with E-state index >= 15 is 0 Å². The molecule has 0 unspecified atom stereocenters. The minimum absolute atomic E-state index is 0.316. The van der Waals surface area contributed by atoms with Crippen LogP contribution in [-0.4, -0.2) is 34.4 Å². The number of fused-ring (bicyclic) bond motifs is 5. The molecule has 2 saturated heterocycles. The number of hydrogen-bond acceptors (Lipinski definition) is 3. The summed E-state index contributed by atoms with van der Waals surface area (Å²) in [5, 5.41) is 17.9. The van der Waals surface area contributed by atoms with Crippen LogP contribution in [0.25, 0.3) is 0 Å². The molecule has 3 rings (SSSR count). The third-order valence-corrected chi connectivity index (χ3v) is 3.71. The van der Waals surface area contributed by atoms with Crippen LogP contribution in [0.5, 0.6) is 0 Å². The van der Waals surface area contributed by atoms with Gasteiger partial charge in [-0.15, -0.1) is 0 Å². The molecule has 6 atom stereocenters. The maximum Gasteiger partial charge on any atom is 0.310 e. The molecule has 3 fully saturated rings. The Morgan fingerprint density at radius 3 is 1.79 bits per heavy atom. The third kappa shape index (κ3) is 0.785. The minimum Gasteiger partial charge on any atom is -0.481 e. The first-order chi connectivity index (χ1) is 6.61. The molecule has 3 aliphatic rings. The number of aliphatic carboxylic acids is 2. The molecule has 1 saturated carbocycles. The minimum atomic E-state index is -1.03. The van der Waals surface area contributed by atoms with E-state index < -0.39 is 23.8 Å². The highest BCUT2D eigenvalue weighted by Crippen LogP contribution is 2.62. The van der Waals surface area contributed by atoms with Crippen LogP contribution >= 0.6 is 0 Å². The van der Waals surface area contributed by atoms with Crippen LogP contribution < -0.4 is 0 Å². The fourth-order valence-electron chi connectivity index (χ4n) is 3.07. The van der Waals surface area contributed by atoms with Crippen LogP contribution in [0.3, 0.4) is 0 Å². The van der Waals surface area contributed by atoms with Crippen molar-refractivity contribution in [3.8, 4) is 0 Å². The quantitative estimate of drug-likeness (QED) is 0.642. The standard InChI is InChI=1S/C9H10O5/c10-8(11)4-5(9(12)13)7-3-1-2(3)6(4)14-7/h2-7H,1H2,(H,10,11)(H,12,13)/t2-,3+,4+,5-,6-,7+. The third-order valence-electron chi connectivity index (χ3n) is 3.71. The van der Waals surface area contributed by atoms with E-state index in [2.05, 4.69) is 0 Å². The summed E-state index contributed by atoms with van der Waals surface area (Å²) >= 11 is 0. The second kappa shape index (κ2) is 2.28. The molecule has 0 aromatic rings. The van der Waals surface area contributed by atoms with Gasteiger partial charge in [0.1, 0.15) is 0 Å². The van der Waals surface area contributed by atoms with Crippen molar-refractivity contribution in [2.75, 3.05) is 0 Å². The van der Waals surface area contributed by atoms with Gasteiger partial charge in [-0.3, -0.25) is 9.59 Å². The summed E-state index contributed by atoms with van der Waals surface area (Å²) in [6.45, 7) is 0. The van der Waals surface area contributed by atoms with Gasteiger partial charge in [-0.2, -0.15) is 0 Å². The first-order valence-electron chi connectivity index (χ1n) is 4.72. The lowest BCUT2D eigenvalue weighted by Crippen LogP contribution is -2.39. The van der Waals surface area contributed by atoms with Gasteiger partial charge in [0, 0.05) is 0 Å². The molecule has 5 nitrogen and oxygen atoms in total. The van der Waals surface area contributed by atoms with Crippen molar-refractivity contribution in [1.82, 2.24) is 0 Å². The molecule has 5 heteroatoms. The van der Waals surface area contributed by atoms with Crippen LogP contribution in [0.15, 0.2) is 0 Å². The van der Waals surface area contributed by atoms with Gasteiger partial charge in [0.05, 0.1) is 24.0 Å². The molecule has 14 heavy (non-hydrogen) atoms. The molecule has 0 radical (unpaired) electrons. The van der Waals surface area contributed by atoms with Crippen molar-refractivity contribution in [2.45, 2.75) is 18.6 Å². The lowest BCUT2D eigenvalue weighted by atomic mass is 9.79. The van der Waals surface area contributed by atoms with Gasteiger partial charge in [-0.05, 0) is 18.3 Å². The summed E-state index contributed by atoms with van der Waals surface area (Å²) in [4.78, 5) is 21.9. The molecular weight excluding hydrogens is 188 g/mol. The van der Waals surface area contributed by atoms with Crippen LogP contribution in [0.2, 0.25) is 0 Å². The van der Waals surface area contributed by atoms with Crippen molar-refractivity contribution < 1.29 is 24.5 Å². The summed E-state index contributed by atoms with van der Waals surface area (Å²) in [6.07, 6.45) is 0.260. The Hall–Kier alpha value is -1.10. The Balaban J connectivity index is 1.95. The van der Waals surface area contributed by atoms with Gasteiger partial charge in [-0.25, -0.2) is 0 Å². The highest BCUT2D eigenvalue weighted by molar-refractivity contribution is 5.82. The van der Waals surface area contributed by atoms with Crippen molar-refractivity contribution >= 4 is 11.9 Å². The summed E-state index contributed by atoms with van der Waals surface area (Å²) in [5.41, 5.74) is 0. The van der Waals surface area contributed by atoms with E-state index in [9.17, 15) is 9.59 Å². The molecular formula is C9H10O5. The lowest BCUT2D eigenvalue weighted by Gasteiger charge is -2.20. The van der Waals surface area contributed by atoms with E-state index in [1.807, 2.05) is 0 Å². The van der Waals surface area contributed by atoms with E-state index in [0.717, 1.165) is 6.42 Å². The van der Waals surface area contributed by atoms with E-state index in [1.54, 1.807) is 0 Å². The van der Waals surface area contributed by atoms with Crippen LogP contribution in [0.1, 0.15) is 6.42 Å². The monoisotopic (exact) mass is 198 g/mol. The van der Waals surface area contributed by atoms with Gasteiger partial charge < -0.3 is 14.9 Å². The SMILES string of the molecule is O=C(O)[C@@H]1[C@@H]2O[C@@H]([C@H]3C[C@H]32)[C@@H]1C(=O)O. The van der Waals surface area contributed by atoms with Gasteiger partial charge in [0.15, 0.2) is 0 Å². The fraction of sp³-hybridized carbons (Fsp3) is 0.778. The van der Waals surface area contributed by atoms with E-state index in [4.69, 9.17) is 14.9 Å². The first kappa shape index (κ1) is 8.23. The maximum absolute atomic E-state index is 10.9. The molecule has 2 heterocycles. The molecule has 0 amide bonds. The summed E-state index contributed by atoms with van der Waals surface area (Å²) in [5.74, 6) is -3.10. The number of rotatable bonds is 2. The molecule has 76 valence electrons. The highest BCUT2D eigenvalue weighted by atomic mass is 16.5. The van der Waals surface area contributed by atoms with Crippen molar-refractivity contribution in [1.29, 1.82) is 0 Å². The summed E-state index contributed by atoms with van der Waals surface area (Å²) < 4.78 is 5.42. The average Bonchev–Trinajstić information content (AvgIpc) is 2.71. The van der Waals surface area contributed by atoms with E-state index in [1.165, 1.54) is 0 Å². The summed E-state index contributed by atoms with van der Waals surface area (Å²) in [7, 11) is 0. The predicted molar refractivity (Wildman–Crippen MR) is 42.5 cm³/mol. The van der Waals surface area contributed by atoms with Gasteiger partial charge in [-0.1, -0.05) is 0 Å². The molecule has 2 N–H and O–H groups in total. The van der Waals surface area contributed by atoms with Crippen molar-refractivity contribution in [3.05, 3.63) is 0 Å². The van der Waals surface area contributed by atoms with Gasteiger partial charge in [0.2, 0.25) is 0 Å². The largest absolute Gasteiger partial charge is 0.481 e. The highest BCUT2D eigenvalue weighted by Gasteiger charge is 2.70.